The van der Waals surface area contributed by atoms with Crippen molar-refractivity contribution in [3.8, 4) is 0 Å². The lowest BCUT2D eigenvalue weighted by Crippen LogP contribution is -2.33. The van der Waals surface area contributed by atoms with Crippen molar-refractivity contribution in [3.63, 3.8) is 0 Å². The molecule has 3 heteroatoms. The molecule has 0 aromatic carbocycles. The number of ether oxygens (including phenoxy) is 2. The first-order valence-electron chi connectivity index (χ1n) is 9.24. The summed E-state index contributed by atoms with van der Waals surface area (Å²) in [7, 11) is 0. The summed E-state index contributed by atoms with van der Waals surface area (Å²) in [5.41, 5.74) is 2.23. The normalized spacial score (nSPS) is 43.1. The van der Waals surface area contributed by atoms with Crippen LogP contribution >= 0.6 is 0 Å². The number of allylic oxidation sites excluding steroid dienone is 3. The molecule has 3 aliphatic rings. The van der Waals surface area contributed by atoms with E-state index in [1.54, 1.807) is 0 Å². The molecule has 0 radical (unpaired) electrons. The van der Waals surface area contributed by atoms with Crippen LogP contribution in [0.1, 0.15) is 59.3 Å². The summed E-state index contributed by atoms with van der Waals surface area (Å²) in [5, 5.41) is 0. The van der Waals surface area contributed by atoms with Gasteiger partial charge >= 0.3 is 0 Å². The Bertz CT molecular complexity index is 588. The second-order valence-electron chi connectivity index (χ2n) is 8.03. The van der Waals surface area contributed by atoms with Gasteiger partial charge in [0, 0.05) is 11.8 Å². The number of epoxide rings is 1. The van der Waals surface area contributed by atoms with Gasteiger partial charge in [0.1, 0.15) is 5.76 Å². The molecule has 2 heterocycles. The molecular weight excluding hydrogens is 300 g/mol. The third kappa shape index (κ3) is 3.37. The number of fused-ring (bicyclic) bond motifs is 2. The van der Waals surface area contributed by atoms with E-state index < -0.39 is 6.10 Å². The van der Waals surface area contributed by atoms with Gasteiger partial charge in [0.15, 0.2) is 11.9 Å². The average molecular weight is 330 g/mol. The molecule has 5 atom stereocenters. The standard InChI is InChI=1S/C21H30O3/c1-13-8-6-10-14(2)19(22)20-17(15(3)16(4)23-20)12-18-21(5,24-18)11-7-9-13/h9,14,17-18,20H,3-4,6-8,10-12H2,1-2,5H3/b13-9+/t14-,17-,18-,20+,21?/m0/s1. The zero-order chi connectivity index (χ0) is 17.5. The summed E-state index contributed by atoms with van der Waals surface area (Å²) in [6, 6.07) is 0. The van der Waals surface area contributed by atoms with Gasteiger partial charge in [0.05, 0.1) is 11.7 Å². The summed E-state index contributed by atoms with van der Waals surface area (Å²) in [6.45, 7) is 14.5. The molecule has 0 aromatic rings. The number of hydrogen-bond acceptors (Lipinski definition) is 3. The fraction of sp³-hybridized carbons (Fsp3) is 0.667. The maximum atomic E-state index is 12.9. The maximum Gasteiger partial charge on any atom is 0.176 e. The first-order valence-corrected chi connectivity index (χ1v) is 9.24. The lowest BCUT2D eigenvalue weighted by Gasteiger charge is -2.21. The van der Waals surface area contributed by atoms with Gasteiger partial charge < -0.3 is 9.47 Å². The topological polar surface area (TPSA) is 38.8 Å². The van der Waals surface area contributed by atoms with Gasteiger partial charge in [-0.25, -0.2) is 0 Å². The summed E-state index contributed by atoms with van der Waals surface area (Å²) in [6.07, 6.45) is 8.02. The second kappa shape index (κ2) is 6.51. The van der Waals surface area contributed by atoms with Crippen molar-refractivity contribution >= 4 is 5.78 Å². The highest BCUT2D eigenvalue weighted by Crippen LogP contribution is 2.48. The van der Waals surface area contributed by atoms with Gasteiger partial charge in [-0.3, -0.25) is 4.79 Å². The van der Waals surface area contributed by atoms with Crippen LogP contribution in [0.5, 0.6) is 0 Å². The first kappa shape index (κ1) is 17.5. The molecule has 0 saturated carbocycles. The van der Waals surface area contributed by atoms with E-state index in [1.807, 2.05) is 6.92 Å². The van der Waals surface area contributed by atoms with Crippen molar-refractivity contribution in [1.29, 1.82) is 0 Å². The van der Waals surface area contributed by atoms with Crippen LogP contribution in [-0.4, -0.2) is 23.6 Å². The lowest BCUT2D eigenvalue weighted by atomic mass is 9.82. The first-order chi connectivity index (χ1) is 11.3. The van der Waals surface area contributed by atoms with E-state index >= 15 is 0 Å². The number of ketones is 1. The maximum absolute atomic E-state index is 12.9. The minimum atomic E-state index is -0.423. The number of carbonyl (C=O) groups excluding carboxylic acids is 1. The van der Waals surface area contributed by atoms with Crippen molar-refractivity contribution in [1.82, 2.24) is 0 Å². The Hall–Kier alpha value is -1.35. The van der Waals surface area contributed by atoms with Crippen LogP contribution < -0.4 is 0 Å². The Morgan fingerprint density at radius 3 is 2.83 bits per heavy atom. The molecule has 3 nitrogen and oxygen atoms in total. The van der Waals surface area contributed by atoms with Crippen LogP contribution in [0.15, 0.2) is 36.1 Å². The fourth-order valence-electron chi connectivity index (χ4n) is 4.08. The number of Topliss-reactive ketones (excluding diaryl/α,β-unsaturated/α-hetero) is 1. The molecule has 2 aliphatic heterocycles. The molecule has 0 amide bonds. The predicted molar refractivity (Wildman–Crippen MR) is 95.6 cm³/mol. The van der Waals surface area contributed by atoms with Crippen LogP contribution in [0.4, 0.5) is 0 Å². The van der Waals surface area contributed by atoms with Gasteiger partial charge in [0.25, 0.3) is 0 Å². The van der Waals surface area contributed by atoms with Gasteiger partial charge in [-0.05, 0) is 57.9 Å². The van der Waals surface area contributed by atoms with Gasteiger partial charge in [-0.1, -0.05) is 31.7 Å². The van der Waals surface area contributed by atoms with Gasteiger partial charge in [-0.2, -0.15) is 0 Å². The SMILES string of the molecule is C=C1O[C@H]2C(=O)[C@@H](C)CCC/C(C)=C/CCC3(C)O[C@H]3C[C@H]2C1=C. The average Bonchev–Trinajstić information content (AvgIpc) is 3.08. The minimum Gasteiger partial charge on any atom is -0.482 e. The van der Waals surface area contributed by atoms with E-state index in [9.17, 15) is 4.79 Å². The number of hydrogen-bond donors (Lipinski definition) is 0. The molecule has 0 N–H and O–H groups in total. The molecule has 0 spiro atoms. The molecule has 0 aromatic heterocycles. The van der Waals surface area contributed by atoms with E-state index in [0.717, 1.165) is 44.1 Å². The number of rotatable bonds is 0. The Morgan fingerprint density at radius 1 is 1.33 bits per heavy atom. The smallest absolute Gasteiger partial charge is 0.176 e. The minimum absolute atomic E-state index is 0.0124. The highest BCUT2D eigenvalue weighted by Gasteiger charge is 2.54. The predicted octanol–water partition coefficient (Wildman–Crippen LogP) is 4.73. The molecule has 24 heavy (non-hydrogen) atoms. The van der Waals surface area contributed by atoms with Crippen LogP contribution in [0.3, 0.4) is 0 Å². The molecule has 1 unspecified atom stereocenters. The van der Waals surface area contributed by atoms with Crippen LogP contribution in [0.2, 0.25) is 0 Å². The Kier molecular flexibility index (Phi) is 4.74. The molecular formula is C21H30O3. The van der Waals surface area contributed by atoms with E-state index in [4.69, 9.17) is 9.47 Å². The molecule has 2 fully saturated rings. The third-order valence-electron chi connectivity index (χ3n) is 6.05. The molecule has 0 bridgehead atoms. The van der Waals surface area contributed by atoms with Crippen LogP contribution in [-0.2, 0) is 14.3 Å². The van der Waals surface area contributed by atoms with Gasteiger partial charge in [0.2, 0.25) is 0 Å². The third-order valence-corrected chi connectivity index (χ3v) is 6.05. The van der Waals surface area contributed by atoms with Gasteiger partial charge in [-0.15, -0.1) is 0 Å². The zero-order valence-corrected chi connectivity index (χ0v) is 15.3. The summed E-state index contributed by atoms with van der Waals surface area (Å²) in [5.74, 6) is 0.800. The lowest BCUT2D eigenvalue weighted by molar-refractivity contribution is -0.132. The second-order valence-corrected chi connectivity index (χ2v) is 8.03. The Morgan fingerprint density at radius 2 is 2.08 bits per heavy atom. The van der Waals surface area contributed by atoms with Crippen LogP contribution in [0.25, 0.3) is 0 Å². The molecule has 132 valence electrons. The highest BCUT2D eigenvalue weighted by molar-refractivity contribution is 5.86. The van der Waals surface area contributed by atoms with E-state index in [0.29, 0.717) is 5.76 Å². The van der Waals surface area contributed by atoms with E-state index in [1.165, 1.54) is 5.57 Å². The fourth-order valence-corrected chi connectivity index (χ4v) is 4.08. The highest BCUT2D eigenvalue weighted by atomic mass is 16.6. The summed E-state index contributed by atoms with van der Waals surface area (Å²) in [4.78, 5) is 12.9. The van der Waals surface area contributed by atoms with Crippen molar-refractivity contribution in [2.75, 3.05) is 0 Å². The molecule has 2 saturated heterocycles. The van der Waals surface area contributed by atoms with Crippen molar-refractivity contribution in [2.45, 2.75) is 77.1 Å². The Balaban J connectivity index is 1.81. The van der Waals surface area contributed by atoms with E-state index in [-0.39, 0.29) is 29.3 Å². The largest absolute Gasteiger partial charge is 0.482 e. The quantitative estimate of drug-likeness (QED) is 0.476. The van der Waals surface area contributed by atoms with Crippen molar-refractivity contribution < 1.29 is 14.3 Å². The zero-order valence-electron chi connectivity index (χ0n) is 15.3. The van der Waals surface area contributed by atoms with E-state index in [2.05, 4.69) is 33.1 Å². The molecule has 3 rings (SSSR count). The monoisotopic (exact) mass is 330 g/mol. The molecule has 1 aliphatic carbocycles. The van der Waals surface area contributed by atoms with Crippen molar-refractivity contribution in [2.24, 2.45) is 11.8 Å². The summed E-state index contributed by atoms with van der Waals surface area (Å²) >= 11 is 0. The Labute approximate surface area is 145 Å². The van der Waals surface area contributed by atoms with Crippen molar-refractivity contribution in [3.05, 3.63) is 36.1 Å². The number of carbonyl (C=O) groups is 1. The summed E-state index contributed by atoms with van der Waals surface area (Å²) < 4.78 is 11.8. The van der Waals surface area contributed by atoms with Crippen LogP contribution in [0, 0.1) is 11.8 Å².